The van der Waals surface area contributed by atoms with Gasteiger partial charge in [-0.2, -0.15) is 0 Å². The molecule has 7 heteroatoms. The van der Waals surface area contributed by atoms with Gasteiger partial charge in [0, 0.05) is 24.6 Å². The fraction of sp³-hybridized carbons (Fsp3) is 0.346. The Morgan fingerprint density at radius 3 is 2.27 bits per heavy atom. The molecule has 0 saturated carbocycles. The smallest absolute Gasteiger partial charge is 0.419 e. The molecule has 1 amide bonds. The molecule has 4 rings (SSSR count). The van der Waals surface area contributed by atoms with E-state index in [1.807, 2.05) is 52.0 Å². The zero-order valence-corrected chi connectivity index (χ0v) is 19.4. The van der Waals surface area contributed by atoms with Crippen molar-refractivity contribution >= 4 is 12.2 Å². The fourth-order valence-electron chi connectivity index (χ4n) is 4.09. The highest BCUT2D eigenvalue weighted by molar-refractivity contribution is 5.79. The summed E-state index contributed by atoms with van der Waals surface area (Å²) in [4.78, 5) is 28.8. The van der Waals surface area contributed by atoms with Crippen molar-refractivity contribution in [2.45, 2.75) is 51.7 Å². The SMILES string of the molecule is C[C@H](Cc1cn(C(=O)OC(C)(C)C)cn1)NC(=O)OCC1c2ccccc2-c2ccccc21. The van der Waals surface area contributed by atoms with E-state index in [4.69, 9.17) is 9.47 Å². The number of fused-ring (bicyclic) bond motifs is 3. The highest BCUT2D eigenvalue weighted by Crippen LogP contribution is 2.44. The van der Waals surface area contributed by atoms with Crippen LogP contribution in [-0.4, -0.2) is 40.0 Å². The summed E-state index contributed by atoms with van der Waals surface area (Å²) in [5.74, 6) is 0.0167. The first-order valence-electron chi connectivity index (χ1n) is 11.1. The van der Waals surface area contributed by atoms with Crippen LogP contribution in [0.25, 0.3) is 11.1 Å². The number of alkyl carbamates (subject to hydrolysis) is 1. The van der Waals surface area contributed by atoms with Crippen molar-refractivity contribution in [3.63, 3.8) is 0 Å². The number of ether oxygens (including phenoxy) is 2. The number of amides is 1. The molecule has 2 aromatic carbocycles. The molecular weight excluding hydrogens is 418 g/mol. The van der Waals surface area contributed by atoms with Crippen molar-refractivity contribution < 1.29 is 19.1 Å². The summed E-state index contributed by atoms with van der Waals surface area (Å²) in [5, 5.41) is 2.85. The van der Waals surface area contributed by atoms with Crippen molar-refractivity contribution in [1.29, 1.82) is 0 Å². The molecule has 1 aliphatic carbocycles. The first-order chi connectivity index (χ1) is 15.7. The van der Waals surface area contributed by atoms with Gasteiger partial charge in [-0.25, -0.2) is 19.1 Å². The zero-order chi connectivity index (χ0) is 23.6. The first kappa shape index (κ1) is 22.6. The number of hydrogen-bond donors (Lipinski definition) is 1. The Bertz CT molecular complexity index is 1120. The van der Waals surface area contributed by atoms with Gasteiger partial charge < -0.3 is 14.8 Å². The molecule has 1 aliphatic rings. The summed E-state index contributed by atoms with van der Waals surface area (Å²) >= 11 is 0. The monoisotopic (exact) mass is 447 g/mol. The van der Waals surface area contributed by atoms with Gasteiger partial charge in [0.05, 0.1) is 5.69 Å². The molecule has 0 unspecified atom stereocenters. The molecule has 1 heterocycles. The van der Waals surface area contributed by atoms with E-state index in [1.165, 1.54) is 33.1 Å². The van der Waals surface area contributed by atoms with Crippen LogP contribution in [0.1, 0.15) is 50.4 Å². The van der Waals surface area contributed by atoms with Gasteiger partial charge in [0.2, 0.25) is 0 Å². The van der Waals surface area contributed by atoms with Crippen LogP contribution in [0, 0.1) is 0 Å². The standard InChI is InChI=1S/C26H29N3O4/c1-17(13-18-14-29(16-27-18)25(31)33-26(2,3)4)28-24(30)32-15-23-21-11-7-5-9-19(21)20-10-6-8-12-22(20)23/h5-12,14,16-17,23H,13,15H2,1-4H3,(H,28,30)/t17-/m1/s1. The summed E-state index contributed by atoms with van der Waals surface area (Å²) in [6, 6.07) is 16.2. The molecule has 172 valence electrons. The van der Waals surface area contributed by atoms with Gasteiger partial charge in [-0.1, -0.05) is 48.5 Å². The second-order valence-corrected chi connectivity index (χ2v) is 9.33. The predicted octanol–water partition coefficient (Wildman–Crippen LogP) is 5.14. The second-order valence-electron chi connectivity index (χ2n) is 9.33. The maximum absolute atomic E-state index is 12.5. The molecule has 0 radical (unpaired) electrons. The first-order valence-corrected chi connectivity index (χ1v) is 11.1. The van der Waals surface area contributed by atoms with Crippen LogP contribution >= 0.6 is 0 Å². The molecular formula is C26H29N3O4. The van der Waals surface area contributed by atoms with Crippen molar-refractivity contribution in [2.24, 2.45) is 0 Å². The number of rotatable bonds is 5. The molecule has 0 fully saturated rings. The number of benzene rings is 2. The summed E-state index contributed by atoms with van der Waals surface area (Å²) < 4.78 is 12.2. The van der Waals surface area contributed by atoms with Crippen molar-refractivity contribution in [3.8, 4) is 11.1 Å². The molecule has 1 N–H and O–H groups in total. The zero-order valence-electron chi connectivity index (χ0n) is 19.4. The van der Waals surface area contributed by atoms with Gasteiger partial charge in [0.25, 0.3) is 0 Å². The van der Waals surface area contributed by atoms with E-state index in [9.17, 15) is 9.59 Å². The lowest BCUT2D eigenvalue weighted by atomic mass is 9.98. The summed E-state index contributed by atoms with van der Waals surface area (Å²) in [7, 11) is 0. The normalized spacial score (nSPS) is 13.7. The van der Waals surface area contributed by atoms with Gasteiger partial charge in [0.15, 0.2) is 0 Å². The maximum atomic E-state index is 12.5. The van der Waals surface area contributed by atoms with Crippen LogP contribution in [0.4, 0.5) is 9.59 Å². The number of nitrogens with zero attached hydrogens (tertiary/aromatic N) is 2. The quantitative estimate of drug-likeness (QED) is 0.586. The van der Waals surface area contributed by atoms with Crippen LogP contribution in [-0.2, 0) is 15.9 Å². The summed E-state index contributed by atoms with van der Waals surface area (Å²) in [6.45, 7) is 7.56. The highest BCUT2D eigenvalue weighted by Gasteiger charge is 2.29. The lowest BCUT2D eigenvalue weighted by molar-refractivity contribution is 0.0536. The van der Waals surface area contributed by atoms with Crippen molar-refractivity contribution in [1.82, 2.24) is 14.9 Å². The maximum Gasteiger partial charge on any atom is 0.419 e. The number of carbonyl (C=O) groups is 2. The molecule has 0 spiro atoms. The Hall–Kier alpha value is -3.61. The van der Waals surface area contributed by atoms with Gasteiger partial charge in [-0.05, 0) is 49.9 Å². The number of aromatic nitrogens is 2. The highest BCUT2D eigenvalue weighted by atomic mass is 16.6. The Morgan fingerprint density at radius 2 is 1.67 bits per heavy atom. The van der Waals surface area contributed by atoms with Crippen LogP contribution in [0.5, 0.6) is 0 Å². The van der Waals surface area contributed by atoms with Gasteiger partial charge in [-0.3, -0.25) is 0 Å². The third-order valence-electron chi connectivity index (χ3n) is 5.46. The number of imidazole rings is 1. The van der Waals surface area contributed by atoms with Crippen molar-refractivity contribution in [2.75, 3.05) is 6.61 Å². The topological polar surface area (TPSA) is 82.5 Å². The van der Waals surface area contributed by atoms with Gasteiger partial charge in [0.1, 0.15) is 18.5 Å². The second kappa shape index (κ2) is 9.10. The minimum absolute atomic E-state index is 0.0167. The molecule has 33 heavy (non-hydrogen) atoms. The van der Waals surface area contributed by atoms with E-state index in [0.717, 1.165) is 0 Å². The molecule has 1 aromatic heterocycles. The average Bonchev–Trinajstić information content (AvgIpc) is 3.34. The lowest BCUT2D eigenvalue weighted by Gasteiger charge is -2.19. The summed E-state index contributed by atoms with van der Waals surface area (Å²) in [6.07, 6.45) is 2.53. The fourth-order valence-corrected chi connectivity index (χ4v) is 4.09. The van der Waals surface area contributed by atoms with E-state index in [-0.39, 0.29) is 18.6 Å². The third kappa shape index (κ3) is 5.25. The molecule has 7 nitrogen and oxygen atoms in total. The number of nitrogens with one attached hydrogen (secondary N) is 1. The minimum Gasteiger partial charge on any atom is -0.449 e. The van der Waals surface area contributed by atoms with E-state index in [0.29, 0.717) is 12.1 Å². The number of hydrogen-bond acceptors (Lipinski definition) is 5. The van der Waals surface area contributed by atoms with E-state index < -0.39 is 17.8 Å². The molecule has 0 aliphatic heterocycles. The van der Waals surface area contributed by atoms with E-state index >= 15 is 0 Å². The predicted molar refractivity (Wildman–Crippen MR) is 125 cm³/mol. The largest absolute Gasteiger partial charge is 0.449 e. The summed E-state index contributed by atoms with van der Waals surface area (Å²) in [5.41, 5.74) is 4.82. The van der Waals surface area contributed by atoms with Gasteiger partial charge in [-0.15, -0.1) is 0 Å². The average molecular weight is 448 g/mol. The Balaban J connectivity index is 1.32. The Morgan fingerprint density at radius 1 is 1.06 bits per heavy atom. The van der Waals surface area contributed by atoms with E-state index in [2.05, 4.69) is 34.6 Å². The van der Waals surface area contributed by atoms with Crippen LogP contribution in [0.15, 0.2) is 61.1 Å². The van der Waals surface area contributed by atoms with Crippen LogP contribution in [0.3, 0.4) is 0 Å². The molecule has 3 aromatic rings. The number of carbonyl (C=O) groups excluding carboxylic acids is 2. The van der Waals surface area contributed by atoms with E-state index in [1.54, 1.807) is 6.20 Å². The Kier molecular flexibility index (Phi) is 6.22. The molecule has 0 saturated heterocycles. The molecule has 1 atom stereocenters. The molecule has 0 bridgehead atoms. The van der Waals surface area contributed by atoms with Crippen molar-refractivity contribution in [3.05, 3.63) is 77.9 Å². The van der Waals surface area contributed by atoms with Crippen LogP contribution in [0.2, 0.25) is 0 Å². The lowest BCUT2D eigenvalue weighted by Crippen LogP contribution is -2.35. The third-order valence-corrected chi connectivity index (χ3v) is 5.46. The Labute approximate surface area is 193 Å². The van der Waals surface area contributed by atoms with Gasteiger partial charge >= 0.3 is 12.2 Å². The minimum atomic E-state index is -0.583. The van der Waals surface area contributed by atoms with Crippen LogP contribution < -0.4 is 5.32 Å².